The van der Waals surface area contributed by atoms with E-state index in [4.69, 9.17) is 5.73 Å². The topological polar surface area (TPSA) is 59.1 Å². The molecule has 1 aromatic heterocycles. The van der Waals surface area contributed by atoms with Crippen LogP contribution >= 0.6 is 0 Å². The number of pyridine rings is 1. The summed E-state index contributed by atoms with van der Waals surface area (Å²) in [6.45, 7) is 0. The number of rotatable bonds is 2. The van der Waals surface area contributed by atoms with Gasteiger partial charge in [0, 0.05) is 23.0 Å². The van der Waals surface area contributed by atoms with Crippen molar-refractivity contribution in [3.05, 3.63) is 59.4 Å². The van der Waals surface area contributed by atoms with Gasteiger partial charge < -0.3 is 10.8 Å². The Bertz CT molecular complexity index is 546. The van der Waals surface area contributed by atoms with Crippen LogP contribution in [0.15, 0.2) is 36.7 Å². The first kappa shape index (κ1) is 11.5. The second-order valence-electron chi connectivity index (χ2n) is 3.57. The van der Waals surface area contributed by atoms with E-state index in [9.17, 15) is 13.9 Å². The molecule has 2 rings (SSSR count). The summed E-state index contributed by atoms with van der Waals surface area (Å²) in [5, 5.41) is 9.96. The Hall–Kier alpha value is -2.01. The number of hydrogen-bond donors (Lipinski definition) is 2. The standard InChI is InChI=1S/C12H10F2N2O/c13-7-1-2-11(15)9(5-7)12(17)8-3-4-16-6-10(8)14/h1-6,12,17H,15H2. The number of aromatic nitrogens is 1. The van der Waals surface area contributed by atoms with Gasteiger partial charge in [0.15, 0.2) is 0 Å². The van der Waals surface area contributed by atoms with Crippen molar-refractivity contribution >= 4 is 5.69 Å². The van der Waals surface area contributed by atoms with Gasteiger partial charge in [-0.15, -0.1) is 0 Å². The molecule has 3 N–H and O–H groups in total. The highest BCUT2D eigenvalue weighted by Gasteiger charge is 2.17. The molecule has 0 spiro atoms. The Morgan fingerprint density at radius 1 is 1.18 bits per heavy atom. The summed E-state index contributed by atoms with van der Waals surface area (Å²) in [6, 6.07) is 4.91. The molecule has 3 nitrogen and oxygen atoms in total. The minimum absolute atomic E-state index is 0.0114. The van der Waals surface area contributed by atoms with E-state index in [-0.39, 0.29) is 16.8 Å². The van der Waals surface area contributed by atoms with E-state index in [1.807, 2.05) is 0 Å². The third kappa shape index (κ3) is 2.24. The Labute approximate surface area is 96.5 Å². The molecular formula is C12H10F2N2O. The minimum atomic E-state index is -1.31. The molecule has 0 aliphatic rings. The van der Waals surface area contributed by atoms with E-state index in [1.54, 1.807) is 0 Å². The molecular weight excluding hydrogens is 226 g/mol. The summed E-state index contributed by atoms with van der Waals surface area (Å²) in [6.07, 6.45) is 1.01. The first-order valence-electron chi connectivity index (χ1n) is 4.92. The molecule has 0 fully saturated rings. The molecule has 1 aromatic carbocycles. The molecule has 0 radical (unpaired) electrons. The molecule has 5 heteroatoms. The molecule has 88 valence electrons. The number of anilines is 1. The first-order valence-corrected chi connectivity index (χ1v) is 4.92. The van der Waals surface area contributed by atoms with Gasteiger partial charge >= 0.3 is 0 Å². The number of halogens is 2. The molecule has 0 saturated heterocycles. The van der Waals surface area contributed by atoms with Crippen molar-refractivity contribution in [3.8, 4) is 0 Å². The summed E-state index contributed by atoms with van der Waals surface area (Å²) in [7, 11) is 0. The fraction of sp³-hybridized carbons (Fsp3) is 0.0833. The third-order valence-corrected chi connectivity index (χ3v) is 2.44. The highest BCUT2D eigenvalue weighted by molar-refractivity contribution is 5.50. The van der Waals surface area contributed by atoms with Crippen LogP contribution in [0.1, 0.15) is 17.2 Å². The largest absolute Gasteiger partial charge is 0.398 e. The number of hydrogen-bond acceptors (Lipinski definition) is 3. The predicted molar refractivity (Wildman–Crippen MR) is 59.1 cm³/mol. The number of nitrogens with two attached hydrogens (primary N) is 1. The molecule has 1 heterocycles. The highest BCUT2D eigenvalue weighted by atomic mass is 19.1. The lowest BCUT2D eigenvalue weighted by molar-refractivity contribution is 0.215. The van der Waals surface area contributed by atoms with Crippen molar-refractivity contribution in [2.45, 2.75) is 6.10 Å². The van der Waals surface area contributed by atoms with Crippen LogP contribution in [0.25, 0.3) is 0 Å². The molecule has 17 heavy (non-hydrogen) atoms. The van der Waals surface area contributed by atoms with Crippen LogP contribution in [-0.4, -0.2) is 10.1 Å². The lowest BCUT2D eigenvalue weighted by Gasteiger charge is -2.14. The Morgan fingerprint density at radius 2 is 1.94 bits per heavy atom. The molecule has 2 aromatic rings. The molecule has 0 aliphatic heterocycles. The van der Waals surface area contributed by atoms with Crippen molar-refractivity contribution in [3.63, 3.8) is 0 Å². The van der Waals surface area contributed by atoms with Crippen molar-refractivity contribution in [1.29, 1.82) is 0 Å². The van der Waals surface area contributed by atoms with Crippen molar-refractivity contribution in [2.24, 2.45) is 0 Å². The van der Waals surface area contributed by atoms with Gasteiger partial charge in [-0.1, -0.05) is 0 Å². The Kier molecular flexibility index (Phi) is 3.01. The zero-order valence-electron chi connectivity index (χ0n) is 8.77. The second kappa shape index (κ2) is 4.47. The summed E-state index contributed by atoms with van der Waals surface area (Å²) in [5.41, 5.74) is 5.96. The van der Waals surface area contributed by atoms with E-state index in [0.717, 1.165) is 12.3 Å². The van der Waals surface area contributed by atoms with Gasteiger partial charge in [-0.05, 0) is 24.3 Å². The van der Waals surface area contributed by atoms with Gasteiger partial charge in [0.25, 0.3) is 0 Å². The fourth-order valence-corrected chi connectivity index (χ4v) is 1.56. The molecule has 1 atom stereocenters. The summed E-state index contributed by atoms with van der Waals surface area (Å²) in [5.74, 6) is -1.20. The maximum Gasteiger partial charge on any atom is 0.147 e. The third-order valence-electron chi connectivity index (χ3n) is 2.44. The van der Waals surface area contributed by atoms with E-state index in [0.29, 0.717) is 0 Å². The van der Waals surface area contributed by atoms with Crippen LogP contribution in [0.5, 0.6) is 0 Å². The summed E-state index contributed by atoms with van der Waals surface area (Å²) < 4.78 is 26.5. The van der Waals surface area contributed by atoms with E-state index in [1.165, 1.54) is 24.4 Å². The van der Waals surface area contributed by atoms with Crippen LogP contribution in [0.2, 0.25) is 0 Å². The Balaban J connectivity index is 2.47. The van der Waals surface area contributed by atoms with Gasteiger partial charge in [-0.3, -0.25) is 4.98 Å². The lowest BCUT2D eigenvalue weighted by atomic mass is 10.0. The van der Waals surface area contributed by atoms with Gasteiger partial charge in [-0.25, -0.2) is 8.78 Å². The number of aliphatic hydroxyl groups is 1. The normalized spacial score (nSPS) is 12.4. The zero-order valence-corrected chi connectivity index (χ0v) is 8.77. The number of nitrogens with zero attached hydrogens (tertiary/aromatic N) is 1. The van der Waals surface area contributed by atoms with Crippen molar-refractivity contribution in [2.75, 3.05) is 5.73 Å². The number of benzene rings is 1. The SMILES string of the molecule is Nc1ccc(F)cc1C(O)c1ccncc1F. The maximum absolute atomic E-state index is 13.4. The van der Waals surface area contributed by atoms with Crippen LogP contribution in [0, 0.1) is 11.6 Å². The van der Waals surface area contributed by atoms with Crippen LogP contribution < -0.4 is 5.73 Å². The molecule has 1 unspecified atom stereocenters. The van der Waals surface area contributed by atoms with Gasteiger partial charge in [0.2, 0.25) is 0 Å². The first-order chi connectivity index (χ1) is 8.09. The quantitative estimate of drug-likeness (QED) is 0.784. The summed E-state index contributed by atoms with van der Waals surface area (Å²) >= 11 is 0. The number of aliphatic hydroxyl groups excluding tert-OH is 1. The minimum Gasteiger partial charge on any atom is -0.398 e. The molecule has 0 aliphatic carbocycles. The Morgan fingerprint density at radius 3 is 2.65 bits per heavy atom. The lowest BCUT2D eigenvalue weighted by Crippen LogP contribution is -2.06. The van der Waals surface area contributed by atoms with Gasteiger partial charge in [0.1, 0.15) is 17.7 Å². The average molecular weight is 236 g/mol. The maximum atomic E-state index is 13.4. The van der Waals surface area contributed by atoms with Crippen LogP contribution in [0.4, 0.5) is 14.5 Å². The fourth-order valence-electron chi connectivity index (χ4n) is 1.56. The monoisotopic (exact) mass is 236 g/mol. The van der Waals surface area contributed by atoms with Crippen molar-refractivity contribution < 1.29 is 13.9 Å². The molecule has 0 amide bonds. The second-order valence-corrected chi connectivity index (χ2v) is 3.57. The predicted octanol–water partition coefficient (Wildman–Crippen LogP) is 2.02. The zero-order chi connectivity index (χ0) is 12.4. The van der Waals surface area contributed by atoms with Gasteiger partial charge in [0.05, 0.1) is 6.20 Å². The summed E-state index contributed by atoms with van der Waals surface area (Å²) in [4.78, 5) is 3.57. The van der Waals surface area contributed by atoms with Gasteiger partial charge in [-0.2, -0.15) is 0 Å². The molecule has 0 saturated carbocycles. The highest BCUT2D eigenvalue weighted by Crippen LogP contribution is 2.28. The average Bonchev–Trinajstić information content (AvgIpc) is 2.32. The van der Waals surface area contributed by atoms with Crippen molar-refractivity contribution in [1.82, 2.24) is 4.98 Å². The molecule has 0 bridgehead atoms. The smallest absolute Gasteiger partial charge is 0.147 e. The van der Waals surface area contributed by atoms with E-state index < -0.39 is 17.7 Å². The van der Waals surface area contributed by atoms with Crippen LogP contribution in [0.3, 0.4) is 0 Å². The van der Waals surface area contributed by atoms with Crippen LogP contribution in [-0.2, 0) is 0 Å². The number of nitrogen functional groups attached to an aromatic ring is 1. The van der Waals surface area contributed by atoms with E-state index >= 15 is 0 Å². The van der Waals surface area contributed by atoms with E-state index in [2.05, 4.69) is 4.98 Å².